The molecule has 1 heterocycles. The minimum Gasteiger partial charge on any atom is -0.397 e. The molecule has 0 bridgehead atoms. The summed E-state index contributed by atoms with van der Waals surface area (Å²) in [5, 5.41) is 1.11. The lowest BCUT2D eigenvalue weighted by atomic mass is 10.2. The van der Waals surface area contributed by atoms with Crippen molar-refractivity contribution in [2.24, 2.45) is 0 Å². The summed E-state index contributed by atoms with van der Waals surface area (Å²) in [5.74, 6) is 0.935. The standard InChI is InChI=1S/C12H14N2OS/c1-15-7-8-16-11-5-4-10(13)12-9(11)3-2-6-14-12/h2-6H,7-8,13H2,1H3. The van der Waals surface area contributed by atoms with E-state index in [4.69, 9.17) is 10.5 Å². The second kappa shape index (κ2) is 5.18. The first kappa shape index (κ1) is 11.2. The van der Waals surface area contributed by atoms with Crippen LogP contribution in [0.1, 0.15) is 0 Å². The molecule has 0 fully saturated rings. The third-order valence-electron chi connectivity index (χ3n) is 2.31. The highest BCUT2D eigenvalue weighted by atomic mass is 32.2. The molecule has 0 aliphatic carbocycles. The van der Waals surface area contributed by atoms with Gasteiger partial charge in [0.2, 0.25) is 0 Å². The van der Waals surface area contributed by atoms with E-state index in [1.54, 1.807) is 25.1 Å². The first-order chi connectivity index (χ1) is 7.83. The van der Waals surface area contributed by atoms with Gasteiger partial charge in [0, 0.05) is 29.3 Å². The van der Waals surface area contributed by atoms with Crippen LogP contribution in [0.3, 0.4) is 0 Å². The molecule has 2 aromatic rings. The molecule has 0 saturated heterocycles. The van der Waals surface area contributed by atoms with Gasteiger partial charge in [0.25, 0.3) is 0 Å². The first-order valence-electron chi connectivity index (χ1n) is 5.08. The zero-order valence-corrected chi connectivity index (χ0v) is 9.96. The van der Waals surface area contributed by atoms with E-state index in [-0.39, 0.29) is 0 Å². The molecule has 2 rings (SSSR count). The van der Waals surface area contributed by atoms with E-state index in [1.807, 2.05) is 24.3 Å². The second-order valence-corrected chi connectivity index (χ2v) is 4.53. The van der Waals surface area contributed by atoms with Crippen molar-refractivity contribution in [2.45, 2.75) is 4.90 Å². The summed E-state index contributed by atoms with van der Waals surface area (Å²) >= 11 is 1.76. The number of methoxy groups -OCH3 is 1. The van der Waals surface area contributed by atoms with Crippen LogP contribution in [0.4, 0.5) is 5.69 Å². The molecule has 0 aliphatic rings. The van der Waals surface area contributed by atoms with Gasteiger partial charge in [0.05, 0.1) is 17.8 Å². The molecule has 1 aromatic carbocycles. The molecule has 0 saturated carbocycles. The van der Waals surface area contributed by atoms with Gasteiger partial charge < -0.3 is 10.5 Å². The summed E-state index contributed by atoms with van der Waals surface area (Å²) in [4.78, 5) is 5.50. The van der Waals surface area contributed by atoms with Crippen molar-refractivity contribution in [1.29, 1.82) is 0 Å². The summed E-state index contributed by atoms with van der Waals surface area (Å²) in [7, 11) is 1.71. The molecule has 1 aromatic heterocycles. The van der Waals surface area contributed by atoms with Gasteiger partial charge in [-0.15, -0.1) is 11.8 Å². The summed E-state index contributed by atoms with van der Waals surface area (Å²) in [5.41, 5.74) is 7.49. The third kappa shape index (κ3) is 2.28. The van der Waals surface area contributed by atoms with E-state index in [2.05, 4.69) is 4.98 Å². The average Bonchev–Trinajstić information content (AvgIpc) is 2.33. The number of fused-ring (bicyclic) bond motifs is 1. The molecule has 4 heteroatoms. The average molecular weight is 234 g/mol. The minimum atomic E-state index is 0.728. The van der Waals surface area contributed by atoms with Gasteiger partial charge in [-0.05, 0) is 18.2 Å². The van der Waals surface area contributed by atoms with E-state index in [9.17, 15) is 0 Å². The predicted molar refractivity (Wildman–Crippen MR) is 68.8 cm³/mol. The Kier molecular flexibility index (Phi) is 3.64. The number of nitrogens with zero attached hydrogens (tertiary/aromatic N) is 1. The Bertz CT molecular complexity index is 487. The van der Waals surface area contributed by atoms with E-state index in [0.29, 0.717) is 0 Å². The SMILES string of the molecule is COCCSc1ccc(N)c2ncccc12. The quantitative estimate of drug-likeness (QED) is 0.502. The zero-order chi connectivity index (χ0) is 11.4. The Labute approximate surface area is 99.0 Å². The van der Waals surface area contributed by atoms with Gasteiger partial charge in [-0.25, -0.2) is 0 Å². The number of aromatic nitrogens is 1. The second-order valence-electron chi connectivity index (χ2n) is 3.39. The van der Waals surface area contributed by atoms with E-state index < -0.39 is 0 Å². The zero-order valence-electron chi connectivity index (χ0n) is 9.14. The molecule has 2 N–H and O–H groups in total. The first-order valence-corrected chi connectivity index (χ1v) is 6.06. The number of nitrogens with two attached hydrogens (primary N) is 1. The number of ether oxygens (including phenoxy) is 1. The molecular formula is C12H14N2OS. The normalized spacial score (nSPS) is 10.8. The molecule has 16 heavy (non-hydrogen) atoms. The number of benzene rings is 1. The van der Waals surface area contributed by atoms with E-state index in [0.717, 1.165) is 29.0 Å². The van der Waals surface area contributed by atoms with E-state index in [1.165, 1.54) is 4.90 Å². The van der Waals surface area contributed by atoms with Crippen molar-refractivity contribution in [3.63, 3.8) is 0 Å². The number of thioether (sulfide) groups is 1. The van der Waals surface area contributed by atoms with Crippen LogP contribution in [0.25, 0.3) is 10.9 Å². The van der Waals surface area contributed by atoms with Crippen molar-refractivity contribution in [1.82, 2.24) is 4.98 Å². The Hall–Kier alpha value is -1.26. The van der Waals surface area contributed by atoms with Crippen molar-refractivity contribution < 1.29 is 4.74 Å². The molecular weight excluding hydrogens is 220 g/mol. The fraction of sp³-hybridized carbons (Fsp3) is 0.250. The maximum Gasteiger partial charge on any atom is 0.0942 e. The fourth-order valence-electron chi connectivity index (χ4n) is 1.53. The van der Waals surface area contributed by atoms with Crippen LogP contribution in [0.2, 0.25) is 0 Å². The lowest BCUT2D eigenvalue weighted by Gasteiger charge is -2.07. The van der Waals surface area contributed by atoms with Gasteiger partial charge in [0.1, 0.15) is 0 Å². The van der Waals surface area contributed by atoms with Crippen molar-refractivity contribution in [3.05, 3.63) is 30.5 Å². The monoisotopic (exact) mass is 234 g/mol. The number of pyridine rings is 1. The minimum absolute atomic E-state index is 0.728. The van der Waals surface area contributed by atoms with Crippen molar-refractivity contribution >= 4 is 28.4 Å². The molecule has 0 spiro atoms. The molecule has 84 valence electrons. The molecule has 0 radical (unpaired) electrons. The molecule has 3 nitrogen and oxygen atoms in total. The largest absolute Gasteiger partial charge is 0.397 e. The van der Waals surface area contributed by atoms with Gasteiger partial charge >= 0.3 is 0 Å². The van der Waals surface area contributed by atoms with Crippen LogP contribution in [-0.2, 0) is 4.74 Å². The number of hydrogen-bond acceptors (Lipinski definition) is 4. The van der Waals surface area contributed by atoms with Crippen molar-refractivity contribution in [3.8, 4) is 0 Å². The number of rotatable bonds is 4. The topological polar surface area (TPSA) is 48.1 Å². The summed E-state index contributed by atoms with van der Waals surface area (Å²) in [6.07, 6.45) is 1.77. The van der Waals surface area contributed by atoms with Gasteiger partial charge in [-0.1, -0.05) is 6.07 Å². The Morgan fingerprint density at radius 1 is 1.38 bits per heavy atom. The predicted octanol–water partition coefficient (Wildman–Crippen LogP) is 2.56. The van der Waals surface area contributed by atoms with Gasteiger partial charge in [0.15, 0.2) is 0 Å². The maximum absolute atomic E-state index is 5.88. The summed E-state index contributed by atoms with van der Waals surface area (Å²) in [6, 6.07) is 7.93. The third-order valence-corrected chi connectivity index (χ3v) is 3.34. The number of nitrogen functional groups attached to an aromatic ring is 1. The van der Waals surface area contributed by atoms with Crippen molar-refractivity contribution in [2.75, 3.05) is 25.2 Å². The summed E-state index contributed by atoms with van der Waals surface area (Å²) < 4.78 is 5.04. The Balaban J connectivity index is 2.35. The highest BCUT2D eigenvalue weighted by Crippen LogP contribution is 2.29. The van der Waals surface area contributed by atoms with Crippen LogP contribution >= 0.6 is 11.8 Å². The van der Waals surface area contributed by atoms with Crippen LogP contribution < -0.4 is 5.73 Å². The number of hydrogen-bond donors (Lipinski definition) is 1. The number of anilines is 1. The maximum atomic E-state index is 5.88. The van der Waals surface area contributed by atoms with Crippen LogP contribution in [0, 0.1) is 0 Å². The highest BCUT2D eigenvalue weighted by molar-refractivity contribution is 7.99. The van der Waals surface area contributed by atoms with Crippen LogP contribution in [0.5, 0.6) is 0 Å². The molecule has 0 amide bonds. The Morgan fingerprint density at radius 2 is 2.25 bits per heavy atom. The smallest absolute Gasteiger partial charge is 0.0942 e. The highest BCUT2D eigenvalue weighted by Gasteiger charge is 2.04. The lowest BCUT2D eigenvalue weighted by Crippen LogP contribution is -1.93. The Morgan fingerprint density at radius 3 is 3.06 bits per heavy atom. The van der Waals surface area contributed by atoms with Crippen LogP contribution in [-0.4, -0.2) is 24.5 Å². The lowest BCUT2D eigenvalue weighted by molar-refractivity contribution is 0.218. The van der Waals surface area contributed by atoms with E-state index >= 15 is 0 Å². The molecule has 0 atom stereocenters. The summed E-state index contributed by atoms with van der Waals surface area (Å²) in [6.45, 7) is 0.747. The van der Waals surface area contributed by atoms with Gasteiger partial charge in [-0.3, -0.25) is 4.98 Å². The molecule has 0 unspecified atom stereocenters. The van der Waals surface area contributed by atoms with Gasteiger partial charge in [-0.2, -0.15) is 0 Å². The molecule has 0 aliphatic heterocycles. The fourth-order valence-corrected chi connectivity index (χ4v) is 2.48. The van der Waals surface area contributed by atoms with Crippen LogP contribution in [0.15, 0.2) is 35.4 Å².